The van der Waals surface area contributed by atoms with Crippen LogP contribution in [0.1, 0.15) is 11.1 Å². The van der Waals surface area contributed by atoms with E-state index in [1.807, 2.05) is 0 Å². The molecule has 1 aromatic rings. The summed E-state index contributed by atoms with van der Waals surface area (Å²) in [5.74, 6) is -0.368. The molecule has 6 heteroatoms. The predicted molar refractivity (Wildman–Crippen MR) is 51.8 cm³/mol. The summed E-state index contributed by atoms with van der Waals surface area (Å²) in [6, 6.07) is 2.43. The van der Waals surface area contributed by atoms with Crippen molar-refractivity contribution in [1.29, 1.82) is 0 Å². The summed E-state index contributed by atoms with van der Waals surface area (Å²) in [5.41, 5.74) is 5.55. The molecule has 1 unspecified atom stereocenters. The van der Waals surface area contributed by atoms with Gasteiger partial charge in [0.1, 0.15) is 0 Å². The van der Waals surface area contributed by atoms with Gasteiger partial charge in [0.05, 0.1) is 11.6 Å². The van der Waals surface area contributed by atoms with E-state index in [0.29, 0.717) is 11.3 Å². The van der Waals surface area contributed by atoms with E-state index in [2.05, 4.69) is 5.32 Å². The van der Waals surface area contributed by atoms with E-state index in [4.69, 9.17) is 5.73 Å². The molecule has 0 aromatic heterocycles. The summed E-state index contributed by atoms with van der Waals surface area (Å²) in [4.78, 5) is 11.2. The van der Waals surface area contributed by atoms with E-state index in [1.54, 1.807) is 0 Å². The van der Waals surface area contributed by atoms with Crippen molar-refractivity contribution < 1.29 is 18.0 Å². The second kappa shape index (κ2) is 3.48. The molecule has 16 heavy (non-hydrogen) atoms. The van der Waals surface area contributed by atoms with Crippen molar-refractivity contribution in [2.24, 2.45) is 5.73 Å². The molecule has 0 bridgehead atoms. The lowest BCUT2D eigenvalue weighted by atomic mass is 9.97. The van der Waals surface area contributed by atoms with Crippen molar-refractivity contribution in [2.45, 2.75) is 18.6 Å². The molecule has 1 aliphatic rings. The Morgan fingerprint density at radius 3 is 2.69 bits per heavy atom. The smallest absolute Gasteiger partial charge is 0.324 e. The molecule has 0 aliphatic carbocycles. The van der Waals surface area contributed by atoms with Crippen molar-refractivity contribution in [3.8, 4) is 0 Å². The molecule has 0 saturated heterocycles. The third-order valence-electron chi connectivity index (χ3n) is 2.47. The molecule has 1 amide bonds. The fourth-order valence-electron chi connectivity index (χ4n) is 1.62. The highest BCUT2D eigenvalue weighted by Crippen LogP contribution is 2.33. The number of hydrogen-bond donors (Lipinski definition) is 2. The zero-order valence-corrected chi connectivity index (χ0v) is 8.14. The first-order valence-corrected chi connectivity index (χ1v) is 4.64. The van der Waals surface area contributed by atoms with Crippen LogP contribution in [0.3, 0.4) is 0 Å². The Bertz CT molecular complexity index is 442. The Kier molecular flexibility index (Phi) is 2.38. The van der Waals surface area contributed by atoms with Crippen LogP contribution in [-0.4, -0.2) is 11.9 Å². The van der Waals surface area contributed by atoms with Gasteiger partial charge >= 0.3 is 6.18 Å². The van der Waals surface area contributed by atoms with Crippen molar-refractivity contribution >= 4 is 11.6 Å². The third kappa shape index (κ3) is 1.88. The molecular weight excluding hydrogens is 221 g/mol. The van der Waals surface area contributed by atoms with E-state index in [1.165, 1.54) is 6.07 Å². The number of benzene rings is 1. The monoisotopic (exact) mass is 230 g/mol. The van der Waals surface area contributed by atoms with Crippen LogP contribution >= 0.6 is 0 Å². The number of fused-ring (bicyclic) bond motifs is 1. The quantitative estimate of drug-likeness (QED) is 0.710. The summed E-state index contributed by atoms with van der Waals surface area (Å²) in [5, 5.41) is 2.46. The topological polar surface area (TPSA) is 55.1 Å². The molecule has 1 aromatic carbocycles. The Balaban J connectivity index is 2.40. The second-order valence-corrected chi connectivity index (χ2v) is 3.67. The first kappa shape index (κ1) is 10.9. The van der Waals surface area contributed by atoms with Crippen molar-refractivity contribution in [1.82, 2.24) is 0 Å². The van der Waals surface area contributed by atoms with Gasteiger partial charge in [-0.25, -0.2) is 0 Å². The fourth-order valence-corrected chi connectivity index (χ4v) is 1.62. The largest absolute Gasteiger partial charge is 0.416 e. The molecule has 1 atom stereocenters. The number of carbonyl (C=O) groups is 1. The average Bonchev–Trinajstić information content (AvgIpc) is 2.17. The minimum atomic E-state index is -4.37. The number of rotatable bonds is 0. The summed E-state index contributed by atoms with van der Waals surface area (Å²) in [7, 11) is 0. The van der Waals surface area contributed by atoms with Gasteiger partial charge in [-0.3, -0.25) is 4.79 Å². The number of anilines is 1. The van der Waals surface area contributed by atoms with Crippen LogP contribution in [0.5, 0.6) is 0 Å². The molecule has 2 rings (SSSR count). The van der Waals surface area contributed by atoms with Gasteiger partial charge in [-0.15, -0.1) is 0 Å². The van der Waals surface area contributed by atoms with Gasteiger partial charge in [-0.1, -0.05) is 0 Å². The molecule has 0 radical (unpaired) electrons. The van der Waals surface area contributed by atoms with Gasteiger partial charge in [0.15, 0.2) is 0 Å². The molecule has 0 spiro atoms. The van der Waals surface area contributed by atoms with Crippen LogP contribution < -0.4 is 11.1 Å². The summed E-state index contributed by atoms with van der Waals surface area (Å²) < 4.78 is 37.2. The zero-order valence-electron chi connectivity index (χ0n) is 8.14. The first-order chi connectivity index (χ1) is 7.38. The lowest BCUT2D eigenvalue weighted by Gasteiger charge is -2.22. The maximum absolute atomic E-state index is 12.4. The summed E-state index contributed by atoms with van der Waals surface area (Å²) in [6.45, 7) is 0. The Labute approximate surface area is 89.4 Å². The van der Waals surface area contributed by atoms with E-state index < -0.39 is 17.8 Å². The lowest BCUT2D eigenvalue weighted by Crippen LogP contribution is -2.41. The molecule has 3 N–H and O–H groups in total. The van der Waals surface area contributed by atoms with E-state index in [0.717, 1.165) is 12.1 Å². The number of alkyl halides is 3. The number of nitrogens with two attached hydrogens (primary N) is 1. The number of carbonyl (C=O) groups excluding carboxylic acids is 1. The number of halogens is 3. The molecule has 86 valence electrons. The van der Waals surface area contributed by atoms with Gasteiger partial charge in [0.25, 0.3) is 0 Å². The van der Waals surface area contributed by atoms with E-state index >= 15 is 0 Å². The molecule has 3 nitrogen and oxygen atoms in total. The van der Waals surface area contributed by atoms with Gasteiger partial charge in [0, 0.05) is 5.69 Å². The standard InChI is InChI=1S/C10H9F3N2O/c11-10(12,13)6-1-2-8-5(3-6)4-7(14)9(16)15-8/h1-3,7H,4,14H2,(H,15,16). The molecule has 0 saturated carbocycles. The second-order valence-electron chi connectivity index (χ2n) is 3.67. The van der Waals surface area contributed by atoms with Gasteiger partial charge in [-0.2, -0.15) is 13.2 Å². The van der Waals surface area contributed by atoms with Crippen LogP contribution in [0.15, 0.2) is 18.2 Å². The molecule has 1 heterocycles. The van der Waals surface area contributed by atoms with Crippen LogP contribution in [0.4, 0.5) is 18.9 Å². The van der Waals surface area contributed by atoms with Crippen molar-refractivity contribution in [2.75, 3.05) is 5.32 Å². The fraction of sp³-hybridized carbons (Fsp3) is 0.300. The van der Waals surface area contributed by atoms with Gasteiger partial charge < -0.3 is 11.1 Å². The minimum Gasteiger partial charge on any atom is -0.324 e. The zero-order chi connectivity index (χ0) is 11.9. The van der Waals surface area contributed by atoms with Gasteiger partial charge in [0.2, 0.25) is 5.91 Å². The van der Waals surface area contributed by atoms with Crippen LogP contribution in [0.25, 0.3) is 0 Å². The van der Waals surface area contributed by atoms with Crippen LogP contribution in [-0.2, 0) is 17.4 Å². The third-order valence-corrected chi connectivity index (χ3v) is 2.47. The average molecular weight is 230 g/mol. The molecule has 1 aliphatic heterocycles. The molecular formula is C10H9F3N2O. The number of amides is 1. The van der Waals surface area contributed by atoms with Crippen LogP contribution in [0.2, 0.25) is 0 Å². The highest BCUT2D eigenvalue weighted by molar-refractivity contribution is 5.97. The minimum absolute atomic E-state index is 0.130. The highest BCUT2D eigenvalue weighted by atomic mass is 19.4. The Hall–Kier alpha value is -1.56. The molecule has 0 fully saturated rings. The summed E-state index contributed by atoms with van der Waals surface area (Å²) in [6.07, 6.45) is -4.24. The number of nitrogens with one attached hydrogen (secondary N) is 1. The van der Waals surface area contributed by atoms with E-state index in [-0.39, 0.29) is 12.3 Å². The first-order valence-electron chi connectivity index (χ1n) is 4.64. The number of hydrogen-bond acceptors (Lipinski definition) is 2. The maximum atomic E-state index is 12.4. The Morgan fingerprint density at radius 2 is 2.06 bits per heavy atom. The highest BCUT2D eigenvalue weighted by Gasteiger charge is 2.32. The van der Waals surface area contributed by atoms with Crippen LogP contribution in [0, 0.1) is 0 Å². The Morgan fingerprint density at radius 1 is 1.38 bits per heavy atom. The van der Waals surface area contributed by atoms with Crippen molar-refractivity contribution in [3.63, 3.8) is 0 Å². The SMILES string of the molecule is NC1Cc2cc(C(F)(F)F)ccc2NC1=O. The predicted octanol–water partition coefficient (Wildman–Crippen LogP) is 1.53. The van der Waals surface area contributed by atoms with Crippen molar-refractivity contribution in [3.05, 3.63) is 29.3 Å². The summed E-state index contributed by atoms with van der Waals surface area (Å²) >= 11 is 0. The lowest BCUT2D eigenvalue weighted by molar-refractivity contribution is -0.137. The maximum Gasteiger partial charge on any atom is 0.416 e. The van der Waals surface area contributed by atoms with Gasteiger partial charge in [-0.05, 0) is 30.2 Å². The van der Waals surface area contributed by atoms with E-state index in [9.17, 15) is 18.0 Å². The normalized spacial score (nSPS) is 20.2.